The van der Waals surface area contributed by atoms with Crippen LogP contribution in [0.1, 0.15) is 5.56 Å². The van der Waals surface area contributed by atoms with E-state index < -0.39 is 17.5 Å². The molecule has 2 N–H and O–H groups in total. The molecule has 2 rings (SSSR count). The summed E-state index contributed by atoms with van der Waals surface area (Å²) >= 11 is 5.88. The lowest BCUT2D eigenvalue weighted by Gasteiger charge is -2.08. The number of hydrogen-bond donors (Lipinski definition) is 2. The Balaban J connectivity index is 1.74. The largest absolute Gasteiger partial charge is 0.322 e. The van der Waals surface area contributed by atoms with Gasteiger partial charge in [-0.05, 0) is 42.8 Å². The fraction of sp³-hybridized carbons (Fsp3) is 0.188. The zero-order valence-corrected chi connectivity index (χ0v) is 12.5. The predicted molar refractivity (Wildman–Crippen MR) is 83.0 cm³/mol. The Labute approximate surface area is 132 Å². The van der Waals surface area contributed by atoms with Crippen LogP contribution in [0.5, 0.6) is 0 Å². The lowest BCUT2D eigenvalue weighted by atomic mass is 10.1. The number of anilines is 1. The Hall–Kier alpha value is -1.98. The van der Waals surface area contributed by atoms with E-state index in [1.54, 1.807) is 6.07 Å². The maximum absolute atomic E-state index is 13.4. The Morgan fingerprint density at radius 2 is 1.95 bits per heavy atom. The van der Waals surface area contributed by atoms with Gasteiger partial charge in [0.2, 0.25) is 5.91 Å². The zero-order valence-electron chi connectivity index (χ0n) is 11.7. The predicted octanol–water partition coefficient (Wildman–Crippen LogP) is 3.39. The molecule has 0 saturated heterocycles. The van der Waals surface area contributed by atoms with Gasteiger partial charge in [0, 0.05) is 11.1 Å². The van der Waals surface area contributed by atoms with Crippen molar-refractivity contribution in [3.05, 3.63) is 64.7 Å². The Kier molecular flexibility index (Phi) is 5.86. The summed E-state index contributed by atoms with van der Waals surface area (Å²) in [5, 5.41) is 6.00. The van der Waals surface area contributed by atoms with Gasteiger partial charge in [-0.1, -0.05) is 23.7 Å². The average molecular weight is 325 g/mol. The minimum atomic E-state index is -0.799. The van der Waals surface area contributed by atoms with Gasteiger partial charge in [-0.15, -0.1) is 0 Å². The average Bonchev–Trinajstić information content (AvgIpc) is 2.47. The van der Waals surface area contributed by atoms with Gasteiger partial charge in [0.15, 0.2) is 0 Å². The molecule has 3 nitrogen and oxygen atoms in total. The second-order valence-corrected chi connectivity index (χ2v) is 5.17. The van der Waals surface area contributed by atoms with E-state index in [2.05, 4.69) is 10.6 Å². The summed E-state index contributed by atoms with van der Waals surface area (Å²) in [6.07, 6.45) is 0.721. The van der Waals surface area contributed by atoms with Crippen LogP contribution in [0.4, 0.5) is 14.5 Å². The van der Waals surface area contributed by atoms with Gasteiger partial charge in [-0.25, -0.2) is 8.78 Å². The molecule has 0 bridgehead atoms. The first-order valence-corrected chi connectivity index (χ1v) is 7.12. The molecule has 0 saturated carbocycles. The van der Waals surface area contributed by atoms with E-state index >= 15 is 0 Å². The third-order valence-corrected chi connectivity index (χ3v) is 3.21. The standard InChI is InChI=1S/C16H15ClF2N2O/c17-12-3-1-2-11(8-12)6-7-20-10-16(22)21-15-5-4-13(18)9-14(15)19/h1-5,8-9,20H,6-7,10H2,(H,21,22). The molecule has 2 aromatic carbocycles. The molecule has 0 unspecified atom stereocenters. The third kappa shape index (κ3) is 5.09. The molecule has 0 aliphatic rings. The first-order chi connectivity index (χ1) is 10.5. The number of nitrogens with one attached hydrogen (secondary N) is 2. The van der Waals surface area contributed by atoms with Crippen LogP contribution in [0.2, 0.25) is 5.02 Å². The van der Waals surface area contributed by atoms with Gasteiger partial charge in [-0.3, -0.25) is 4.79 Å². The van der Waals surface area contributed by atoms with Gasteiger partial charge in [0.25, 0.3) is 0 Å². The van der Waals surface area contributed by atoms with E-state index in [9.17, 15) is 13.6 Å². The van der Waals surface area contributed by atoms with Crippen LogP contribution < -0.4 is 10.6 Å². The van der Waals surface area contributed by atoms with E-state index in [4.69, 9.17) is 11.6 Å². The quantitative estimate of drug-likeness (QED) is 0.800. The lowest BCUT2D eigenvalue weighted by Crippen LogP contribution is -2.29. The van der Waals surface area contributed by atoms with Crippen LogP contribution in [0.3, 0.4) is 0 Å². The van der Waals surface area contributed by atoms with Crippen molar-refractivity contribution in [1.82, 2.24) is 5.32 Å². The third-order valence-electron chi connectivity index (χ3n) is 2.97. The Morgan fingerprint density at radius 3 is 2.68 bits per heavy atom. The number of carbonyl (C=O) groups is 1. The number of halogens is 3. The number of carbonyl (C=O) groups excluding carboxylic acids is 1. The van der Waals surface area contributed by atoms with Crippen LogP contribution >= 0.6 is 11.6 Å². The lowest BCUT2D eigenvalue weighted by molar-refractivity contribution is -0.115. The molecule has 0 radical (unpaired) electrons. The Morgan fingerprint density at radius 1 is 1.14 bits per heavy atom. The van der Waals surface area contributed by atoms with Gasteiger partial charge in [0.05, 0.1) is 12.2 Å². The highest BCUT2D eigenvalue weighted by Gasteiger charge is 2.07. The first kappa shape index (κ1) is 16.4. The number of hydrogen-bond acceptors (Lipinski definition) is 2. The van der Waals surface area contributed by atoms with Crippen LogP contribution in [0, 0.1) is 11.6 Å². The summed E-state index contributed by atoms with van der Waals surface area (Å²) in [6, 6.07) is 10.5. The van der Waals surface area contributed by atoms with E-state index in [1.165, 1.54) is 6.07 Å². The van der Waals surface area contributed by atoms with Crippen LogP contribution in [0.25, 0.3) is 0 Å². The van der Waals surface area contributed by atoms with Crippen molar-refractivity contribution in [2.24, 2.45) is 0 Å². The summed E-state index contributed by atoms with van der Waals surface area (Å²) in [5.74, 6) is -1.88. The van der Waals surface area contributed by atoms with Crippen molar-refractivity contribution in [3.8, 4) is 0 Å². The highest BCUT2D eigenvalue weighted by molar-refractivity contribution is 6.30. The molecule has 1 amide bonds. The minimum Gasteiger partial charge on any atom is -0.322 e. The molecule has 0 spiro atoms. The topological polar surface area (TPSA) is 41.1 Å². The smallest absolute Gasteiger partial charge is 0.238 e. The maximum atomic E-state index is 13.4. The minimum absolute atomic E-state index is 0.0389. The van der Waals surface area contributed by atoms with E-state index in [0.717, 1.165) is 24.1 Å². The SMILES string of the molecule is O=C(CNCCc1cccc(Cl)c1)Nc1ccc(F)cc1F. The second-order valence-electron chi connectivity index (χ2n) is 4.73. The van der Waals surface area contributed by atoms with Gasteiger partial charge < -0.3 is 10.6 Å². The fourth-order valence-corrected chi connectivity index (χ4v) is 2.13. The zero-order chi connectivity index (χ0) is 15.9. The summed E-state index contributed by atoms with van der Waals surface area (Å²) in [7, 11) is 0. The van der Waals surface area contributed by atoms with Gasteiger partial charge >= 0.3 is 0 Å². The number of amides is 1. The molecule has 0 aromatic heterocycles. The summed E-state index contributed by atoms with van der Waals surface area (Å²) in [5.41, 5.74) is 1.02. The molecule has 2 aromatic rings. The first-order valence-electron chi connectivity index (χ1n) is 6.74. The van der Waals surface area contributed by atoms with Crippen LogP contribution in [-0.2, 0) is 11.2 Å². The number of rotatable bonds is 6. The normalized spacial score (nSPS) is 10.5. The van der Waals surface area contributed by atoms with Crippen molar-refractivity contribution in [1.29, 1.82) is 0 Å². The molecular formula is C16H15ClF2N2O. The van der Waals surface area contributed by atoms with Crippen molar-refractivity contribution in [2.45, 2.75) is 6.42 Å². The Bertz CT molecular complexity index is 664. The molecule has 0 fully saturated rings. The molecule has 0 heterocycles. The van der Waals surface area contributed by atoms with E-state index in [-0.39, 0.29) is 12.2 Å². The van der Waals surface area contributed by atoms with Gasteiger partial charge in [-0.2, -0.15) is 0 Å². The van der Waals surface area contributed by atoms with E-state index in [0.29, 0.717) is 11.6 Å². The van der Waals surface area contributed by atoms with Crippen LogP contribution in [0.15, 0.2) is 42.5 Å². The van der Waals surface area contributed by atoms with Crippen molar-refractivity contribution in [2.75, 3.05) is 18.4 Å². The summed E-state index contributed by atoms with van der Waals surface area (Å²) in [4.78, 5) is 11.7. The second kappa shape index (κ2) is 7.87. The van der Waals surface area contributed by atoms with Gasteiger partial charge in [0.1, 0.15) is 11.6 Å². The fourth-order valence-electron chi connectivity index (χ4n) is 1.91. The molecule has 0 atom stereocenters. The summed E-state index contributed by atoms with van der Waals surface area (Å²) in [6.45, 7) is 0.622. The van der Waals surface area contributed by atoms with Crippen molar-refractivity contribution in [3.63, 3.8) is 0 Å². The van der Waals surface area contributed by atoms with Crippen molar-refractivity contribution >= 4 is 23.2 Å². The van der Waals surface area contributed by atoms with E-state index in [1.807, 2.05) is 18.2 Å². The summed E-state index contributed by atoms with van der Waals surface area (Å²) < 4.78 is 26.1. The molecule has 0 aliphatic carbocycles. The highest BCUT2D eigenvalue weighted by Crippen LogP contribution is 2.14. The molecule has 0 aliphatic heterocycles. The molecular weight excluding hydrogens is 310 g/mol. The maximum Gasteiger partial charge on any atom is 0.238 e. The van der Waals surface area contributed by atoms with Crippen molar-refractivity contribution < 1.29 is 13.6 Å². The molecule has 22 heavy (non-hydrogen) atoms. The molecule has 116 valence electrons. The van der Waals surface area contributed by atoms with Crippen LogP contribution in [-0.4, -0.2) is 19.0 Å². The monoisotopic (exact) mass is 324 g/mol. The number of benzene rings is 2. The highest BCUT2D eigenvalue weighted by atomic mass is 35.5. The molecule has 6 heteroatoms.